The molecule has 0 radical (unpaired) electrons. The molecule has 3 atom stereocenters. The third kappa shape index (κ3) is 2.78. The van der Waals surface area contributed by atoms with Crippen molar-refractivity contribution in [3.05, 3.63) is 0 Å². The van der Waals surface area contributed by atoms with Gasteiger partial charge in [-0.05, 0) is 37.0 Å². The summed E-state index contributed by atoms with van der Waals surface area (Å²) in [5.74, 6) is 2.51. The molecule has 0 aromatic carbocycles. The number of nitrogens with two attached hydrogens (primary N) is 1. The van der Waals surface area contributed by atoms with Crippen LogP contribution in [0, 0.1) is 17.8 Å². The molecule has 0 aliphatic heterocycles. The minimum absolute atomic E-state index is 0.468. The zero-order valence-corrected chi connectivity index (χ0v) is 8.72. The molecule has 0 bridgehead atoms. The Morgan fingerprint density at radius 3 is 2.42 bits per heavy atom. The molecule has 0 saturated heterocycles. The first kappa shape index (κ1) is 10.0. The summed E-state index contributed by atoms with van der Waals surface area (Å²) in [5.41, 5.74) is 6.14. The van der Waals surface area contributed by atoms with Gasteiger partial charge in [-0.25, -0.2) is 0 Å². The Bertz CT molecular complexity index is 131. The van der Waals surface area contributed by atoms with Crippen molar-refractivity contribution in [3.8, 4) is 0 Å². The minimum Gasteiger partial charge on any atom is -0.327 e. The second kappa shape index (κ2) is 4.27. The smallest absolute Gasteiger partial charge is 0.00696 e. The minimum atomic E-state index is 0.468. The van der Waals surface area contributed by atoms with Crippen LogP contribution < -0.4 is 5.73 Å². The molecule has 1 rings (SSSR count). The molecule has 0 aromatic rings. The van der Waals surface area contributed by atoms with Gasteiger partial charge in [0.1, 0.15) is 0 Å². The van der Waals surface area contributed by atoms with Crippen molar-refractivity contribution < 1.29 is 0 Å². The van der Waals surface area contributed by atoms with Crippen LogP contribution in [0.3, 0.4) is 0 Å². The van der Waals surface area contributed by atoms with E-state index in [-0.39, 0.29) is 0 Å². The average molecular weight is 169 g/mol. The molecule has 0 spiro atoms. The fraction of sp³-hybridized carbons (Fsp3) is 1.00. The highest BCUT2D eigenvalue weighted by atomic mass is 14.7. The molecule has 0 aromatic heterocycles. The molecular weight excluding hydrogens is 146 g/mol. The maximum atomic E-state index is 6.14. The van der Waals surface area contributed by atoms with Crippen LogP contribution in [0.25, 0.3) is 0 Å². The Kier molecular flexibility index (Phi) is 3.57. The summed E-state index contributed by atoms with van der Waals surface area (Å²) in [6.07, 6.45) is 5.34. The van der Waals surface area contributed by atoms with Crippen LogP contribution in [-0.4, -0.2) is 6.04 Å². The maximum absolute atomic E-state index is 6.14. The van der Waals surface area contributed by atoms with Gasteiger partial charge >= 0.3 is 0 Å². The standard InChI is InChI=1S/C11H23N/c1-8(2)6-11(12)10-5-4-9(3)7-10/h8-11H,4-7,12H2,1-3H3. The summed E-state index contributed by atoms with van der Waals surface area (Å²) in [5, 5.41) is 0. The van der Waals surface area contributed by atoms with Gasteiger partial charge in [-0.3, -0.25) is 0 Å². The van der Waals surface area contributed by atoms with E-state index in [4.69, 9.17) is 5.73 Å². The largest absolute Gasteiger partial charge is 0.327 e. The van der Waals surface area contributed by atoms with Crippen LogP contribution in [0.2, 0.25) is 0 Å². The lowest BCUT2D eigenvalue weighted by Gasteiger charge is -2.20. The van der Waals surface area contributed by atoms with Crippen molar-refractivity contribution in [3.63, 3.8) is 0 Å². The second-order valence-electron chi connectivity index (χ2n) is 4.97. The van der Waals surface area contributed by atoms with Gasteiger partial charge in [-0.15, -0.1) is 0 Å². The maximum Gasteiger partial charge on any atom is 0.00696 e. The Balaban J connectivity index is 2.28. The third-order valence-electron chi connectivity index (χ3n) is 3.08. The molecular formula is C11H23N. The summed E-state index contributed by atoms with van der Waals surface area (Å²) >= 11 is 0. The van der Waals surface area contributed by atoms with E-state index in [1.54, 1.807) is 0 Å². The van der Waals surface area contributed by atoms with Crippen molar-refractivity contribution in [2.24, 2.45) is 23.5 Å². The van der Waals surface area contributed by atoms with Crippen LogP contribution in [0.4, 0.5) is 0 Å². The summed E-state index contributed by atoms with van der Waals surface area (Å²) in [7, 11) is 0. The van der Waals surface area contributed by atoms with Crippen LogP contribution >= 0.6 is 0 Å². The molecule has 0 heterocycles. The lowest BCUT2D eigenvalue weighted by molar-refractivity contribution is 0.360. The molecule has 3 unspecified atom stereocenters. The summed E-state index contributed by atoms with van der Waals surface area (Å²) in [6, 6.07) is 0.468. The van der Waals surface area contributed by atoms with Crippen molar-refractivity contribution in [1.82, 2.24) is 0 Å². The molecule has 2 N–H and O–H groups in total. The third-order valence-corrected chi connectivity index (χ3v) is 3.08. The van der Waals surface area contributed by atoms with Crippen molar-refractivity contribution in [2.75, 3.05) is 0 Å². The molecule has 1 nitrogen and oxygen atoms in total. The first-order chi connectivity index (χ1) is 5.59. The topological polar surface area (TPSA) is 26.0 Å². The normalized spacial score (nSPS) is 32.8. The monoisotopic (exact) mass is 169 g/mol. The van der Waals surface area contributed by atoms with Gasteiger partial charge in [0, 0.05) is 6.04 Å². The van der Waals surface area contributed by atoms with Crippen LogP contribution in [0.5, 0.6) is 0 Å². The molecule has 1 fully saturated rings. The van der Waals surface area contributed by atoms with Gasteiger partial charge in [0.05, 0.1) is 0 Å². The lowest BCUT2D eigenvalue weighted by atomic mass is 9.91. The predicted octanol–water partition coefficient (Wildman–Crippen LogP) is 2.80. The van der Waals surface area contributed by atoms with Gasteiger partial charge in [-0.2, -0.15) is 0 Å². The van der Waals surface area contributed by atoms with E-state index < -0.39 is 0 Å². The van der Waals surface area contributed by atoms with Crippen molar-refractivity contribution in [2.45, 2.75) is 52.5 Å². The zero-order valence-electron chi connectivity index (χ0n) is 8.72. The van der Waals surface area contributed by atoms with Crippen LogP contribution in [0.1, 0.15) is 46.5 Å². The second-order valence-corrected chi connectivity index (χ2v) is 4.97. The summed E-state index contributed by atoms with van der Waals surface area (Å²) in [6.45, 7) is 6.87. The molecule has 1 heteroatoms. The van der Waals surface area contributed by atoms with E-state index in [0.29, 0.717) is 6.04 Å². The highest BCUT2D eigenvalue weighted by Gasteiger charge is 2.26. The van der Waals surface area contributed by atoms with E-state index in [2.05, 4.69) is 20.8 Å². The molecule has 72 valence electrons. The first-order valence-electron chi connectivity index (χ1n) is 5.35. The van der Waals surface area contributed by atoms with E-state index in [0.717, 1.165) is 17.8 Å². The lowest BCUT2D eigenvalue weighted by Crippen LogP contribution is -2.30. The Morgan fingerprint density at radius 2 is 2.00 bits per heavy atom. The Morgan fingerprint density at radius 1 is 1.33 bits per heavy atom. The average Bonchev–Trinajstić information content (AvgIpc) is 2.34. The van der Waals surface area contributed by atoms with Gasteiger partial charge in [-0.1, -0.05) is 27.2 Å². The number of rotatable bonds is 3. The molecule has 1 aliphatic carbocycles. The highest BCUT2D eigenvalue weighted by molar-refractivity contribution is 4.81. The molecule has 1 saturated carbocycles. The fourth-order valence-electron chi connectivity index (χ4n) is 2.38. The molecule has 12 heavy (non-hydrogen) atoms. The predicted molar refractivity (Wildman–Crippen MR) is 53.9 cm³/mol. The molecule has 1 aliphatic rings. The van der Waals surface area contributed by atoms with E-state index in [1.165, 1.54) is 25.7 Å². The van der Waals surface area contributed by atoms with Gasteiger partial charge < -0.3 is 5.73 Å². The van der Waals surface area contributed by atoms with Gasteiger partial charge in [0.25, 0.3) is 0 Å². The summed E-state index contributed by atoms with van der Waals surface area (Å²) < 4.78 is 0. The van der Waals surface area contributed by atoms with Crippen LogP contribution in [0.15, 0.2) is 0 Å². The van der Waals surface area contributed by atoms with Gasteiger partial charge in [0.15, 0.2) is 0 Å². The van der Waals surface area contributed by atoms with E-state index in [1.807, 2.05) is 0 Å². The molecule has 0 amide bonds. The van der Waals surface area contributed by atoms with E-state index >= 15 is 0 Å². The van der Waals surface area contributed by atoms with Crippen LogP contribution in [-0.2, 0) is 0 Å². The number of hydrogen-bond donors (Lipinski definition) is 1. The Hall–Kier alpha value is -0.0400. The van der Waals surface area contributed by atoms with Crippen molar-refractivity contribution >= 4 is 0 Å². The fourth-order valence-corrected chi connectivity index (χ4v) is 2.38. The highest BCUT2D eigenvalue weighted by Crippen LogP contribution is 2.33. The Labute approximate surface area is 76.7 Å². The van der Waals surface area contributed by atoms with Crippen molar-refractivity contribution in [1.29, 1.82) is 0 Å². The zero-order chi connectivity index (χ0) is 9.14. The first-order valence-corrected chi connectivity index (χ1v) is 5.35. The quantitative estimate of drug-likeness (QED) is 0.690. The SMILES string of the molecule is CC(C)CC(N)C1CCC(C)C1. The number of hydrogen-bond acceptors (Lipinski definition) is 1. The van der Waals surface area contributed by atoms with Gasteiger partial charge in [0.2, 0.25) is 0 Å². The van der Waals surface area contributed by atoms with E-state index in [9.17, 15) is 0 Å². The summed E-state index contributed by atoms with van der Waals surface area (Å²) in [4.78, 5) is 0.